The van der Waals surface area contributed by atoms with Crippen molar-refractivity contribution in [1.29, 1.82) is 0 Å². The number of carbonyl (C=O) groups excluding carboxylic acids is 1. The molecule has 1 N–H and O–H groups in total. The van der Waals surface area contributed by atoms with Crippen LogP contribution in [-0.2, 0) is 17.9 Å². The van der Waals surface area contributed by atoms with Gasteiger partial charge in [-0.05, 0) is 80.2 Å². The molecule has 0 radical (unpaired) electrons. The maximum absolute atomic E-state index is 12.9. The number of hydrogen-bond donors (Lipinski definition) is 1. The number of carbonyl (C=O) groups is 1. The Bertz CT molecular complexity index is 956. The Balaban J connectivity index is 1.05. The van der Waals surface area contributed by atoms with Gasteiger partial charge >= 0.3 is 0 Å². The predicted molar refractivity (Wildman–Crippen MR) is 148 cm³/mol. The van der Waals surface area contributed by atoms with Gasteiger partial charge in [-0.1, -0.05) is 42.5 Å². The van der Waals surface area contributed by atoms with Crippen molar-refractivity contribution in [2.24, 2.45) is 11.8 Å². The second kappa shape index (κ2) is 12.2. The molecule has 0 aliphatic carbocycles. The molecule has 3 saturated heterocycles. The van der Waals surface area contributed by atoms with Gasteiger partial charge in [0, 0.05) is 64.5 Å². The van der Waals surface area contributed by atoms with Crippen LogP contribution in [0, 0.1) is 11.8 Å². The first-order valence-electron chi connectivity index (χ1n) is 14.2. The fourth-order valence-corrected chi connectivity index (χ4v) is 6.57. The number of amides is 1. The number of fused-ring (bicyclic) bond motifs is 2. The van der Waals surface area contributed by atoms with Crippen LogP contribution in [-0.4, -0.2) is 61.5 Å². The van der Waals surface area contributed by atoms with E-state index >= 15 is 0 Å². The molecule has 0 aromatic heterocycles. The van der Waals surface area contributed by atoms with E-state index in [4.69, 9.17) is 0 Å². The highest BCUT2D eigenvalue weighted by atomic mass is 16.2. The van der Waals surface area contributed by atoms with Crippen molar-refractivity contribution in [3.63, 3.8) is 0 Å². The minimum absolute atomic E-state index is 0.262. The van der Waals surface area contributed by atoms with Crippen LogP contribution in [0.4, 0.5) is 5.69 Å². The monoisotopic (exact) mass is 488 g/mol. The summed E-state index contributed by atoms with van der Waals surface area (Å²) in [6.07, 6.45) is 7.99. The van der Waals surface area contributed by atoms with Gasteiger partial charge in [0.25, 0.3) is 0 Å². The number of nitrogens with one attached hydrogen (secondary N) is 1. The van der Waals surface area contributed by atoms with E-state index in [1.807, 2.05) is 11.9 Å². The summed E-state index contributed by atoms with van der Waals surface area (Å²) in [7, 11) is 1.95. The molecular weight excluding hydrogens is 444 g/mol. The van der Waals surface area contributed by atoms with Gasteiger partial charge in [0.2, 0.25) is 5.91 Å². The molecule has 0 spiro atoms. The Hall–Kier alpha value is -2.37. The predicted octanol–water partition coefficient (Wildman–Crippen LogP) is 4.92. The molecule has 3 heterocycles. The van der Waals surface area contributed by atoms with Crippen molar-refractivity contribution in [3.05, 3.63) is 65.7 Å². The quantitative estimate of drug-likeness (QED) is 0.544. The highest BCUT2D eigenvalue weighted by Crippen LogP contribution is 2.31. The van der Waals surface area contributed by atoms with Crippen LogP contribution in [0.25, 0.3) is 0 Å². The molecular formula is C31H44N4O. The second-order valence-corrected chi connectivity index (χ2v) is 11.4. The highest BCUT2D eigenvalue weighted by Gasteiger charge is 2.36. The third kappa shape index (κ3) is 6.68. The summed E-state index contributed by atoms with van der Waals surface area (Å²) in [5, 5.41) is 3.83. The molecule has 3 aliphatic rings. The van der Waals surface area contributed by atoms with Crippen molar-refractivity contribution in [2.45, 2.75) is 64.1 Å². The number of rotatable bonds is 9. The lowest BCUT2D eigenvalue weighted by Crippen LogP contribution is -2.55. The molecule has 3 unspecified atom stereocenters. The van der Waals surface area contributed by atoms with E-state index in [1.54, 1.807) is 0 Å². The van der Waals surface area contributed by atoms with E-state index in [1.165, 1.54) is 68.7 Å². The number of nitrogens with zero attached hydrogens (tertiary/aromatic N) is 3. The average Bonchev–Trinajstić information content (AvgIpc) is 2.91. The SMILES string of the molecule is CN(Cc1ccc(N2CCCCC2)cc1)C(=O)CCCC1NCC2CC1CN(Cc1ccccc1)C2. The van der Waals surface area contributed by atoms with Crippen LogP contribution in [0.15, 0.2) is 54.6 Å². The largest absolute Gasteiger partial charge is 0.372 e. The topological polar surface area (TPSA) is 38.8 Å². The van der Waals surface area contributed by atoms with Gasteiger partial charge in [0.15, 0.2) is 0 Å². The van der Waals surface area contributed by atoms with Gasteiger partial charge in [-0.3, -0.25) is 9.69 Å². The molecule has 2 bridgehead atoms. The fourth-order valence-electron chi connectivity index (χ4n) is 6.57. The van der Waals surface area contributed by atoms with Gasteiger partial charge in [-0.25, -0.2) is 0 Å². The zero-order valence-corrected chi connectivity index (χ0v) is 22.1. The van der Waals surface area contributed by atoms with E-state index in [-0.39, 0.29) is 5.91 Å². The van der Waals surface area contributed by atoms with Crippen molar-refractivity contribution in [2.75, 3.05) is 44.7 Å². The lowest BCUT2D eigenvalue weighted by Gasteiger charge is -2.46. The summed E-state index contributed by atoms with van der Waals surface area (Å²) in [5.41, 5.74) is 3.95. The third-order valence-electron chi connectivity index (χ3n) is 8.54. The normalized spacial score (nSPS) is 24.5. The molecule has 1 amide bonds. The third-order valence-corrected chi connectivity index (χ3v) is 8.54. The molecule has 2 aromatic rings. The minimum Gasteiger partial charge on any atom is -0.372 e. The Kier molecular flexibility index (Phi) is 8.60. The number of anilines is 1. The fraction of sp³-hybridized carbons (Fsp3) is 0.581. The zero-order chi connectivity index (χ0) is 24.7. The first-order valence-corrected chi connectivity index (χ1v) is 14.2. The molecule has 3 fully saturated rings. The van der Waals surface area contributed by atoms with E-state index in [0.717, 1.165) is 31.8 Å². The van der Waals surface area contributed by atoms with Crippen LogP contribution < -0.4 is 10.2 Å². The van der Waals surface area contributed by atoms with Crippen molar-refractivity contribution >= 4 is 11.6 Å². The van der Waals surface area contributed by atoms with Crippen LogP contribution >= 0.6 is 0 Å². The van der Waals surface area contributed by atoms with Gasteiger partial charge in [-0.15, -0.1) is 0 Å². The van der Waals surface area contributed by atoms with Crippen molar-refractivity contribution in [1.82, 2.24) is 15.1 Å². The molecule has 2 aromatic carbocycles. The van der Waals surface area contributed by atoms with Gasteiger partial charge in [0.1, 0.15) is 0 Å². The van der Waals surface area contributed by atoms with E-state index in [0.29, 0.717) is 24.9 Å². The van der Waals surface area contributed by atoms with Crippen LogP contribution in [0.3, 0.4) is 0 Å². The summed E-state index contributed by atoms with van der Waals surface area (Å²) in [4.78, 5) is 19.9. The van der Waals surface area contributed by atoms with E-state index in [9.17, 15) is 4.79 Å². The summed E-state index contributed by atoms with van der Waals surface area (Å²) >= 11 is 0. The van der Waals surface area contributed by atoms with Gasteiger partial charge in [-0.2, -0.15) is 0 Å². The first-order chi connectivity index (χ1) is 17.6. The lowest BCUT2D eigenvalue weighted by atomic mass is 9.79. The summed E-state index contributed by atoms with van der Waals surface area (Å²) in [5.74, 6) is 1.73. The van der Waals surface area contributed by atoms with Gasteiger partial charge < -0.3 is 15.1 Å². The smallest absolute Gasteiger partial charge is 0.222 e. The Labute approximate surface area is 217 Å². The Morgan fingerprint density at radius 3 is 2.53 bits per heavy atom. The number of likely N-dealkylation sites (tertiary alicyclic amines) is 1. The Morgan fingerprint density at radius 2 is 1.75 bits per heavy atom. The molecule has 5 rings (SSSR count). The molecule has 0 saturated carbocycles. The van der Waals surface area contributed by atoms with Crippen LogP contribution in [0.1, 0.15) is 56.1 Å². The van der Waals surface area contributed by atoms with Crippen LogP contribution in [0.5, 0.6) is 0 Å². The number of benzene rings is 2. The molecule has 3 aliphatic heterocycles. The highest BCUT2D eigenvalue weighted by molar-refractivity contribution is 5.75. The second-order valence-electron chi connectivity index (χ2n) is 11.4. The van der Waals surface area contributed by atoms with Crippen molar-refractivity contribution < 1.29 is 4.79 Å². The summed E-state index contributed by atoms with van der Waals surface area (Å²) < 4.78 is 0. The lowest BCUT2D eigenvalue weighted by molar-refractivity contribution is -0.130. The van der Waals surface area contributed by atoms with Crippen molar-refractivity contribution in [3.8, 4) is 0 Å². The molecule has 3 atom stereocenters. The molecule has 36 heavy (non-hydrogen) atoms. The van der Waals surface area contributed by atoms with E-state index < -0.39 is 0 Å². The minimum atomic E-state index is 0.262. The first kappa shape index (κ1) is 25.3. The number of piperidine rings is 3. The molecule has 5 heteroatoms. The zero-order valence-electron chi connectivity index (χ0n) is 22.1. The summed E-state index contributed by atoms with van der Waals surface area (Å²) in [6.45, 7) is 7.58. The molecule has 5 nitrogen and oxygen atoms in total. The van der Waals surface area contributed by atoms with E-state index in [2.05, 4.69) is 69.7 Å². The average molecular weight is 489 g/mol. The summed E-state index contributed by atoms with van der Waals surface area (Å²) in [6, 6.07) is 20.3. The van der Waals surface area contributed by atoms with Gasteiger partial charge in [0.05, 0.1) is 0 Å². The maximum atomic E-state index is 12.9. The Morgan fingerprint density at radius 1 is 0.972 bits per heavy atom. The van der Waals surface area contributed by atoms with Crippen LogP contribution in [0.2, 0.25) is 0 Å². The maximum Gasteiger partial charge on any atom is 0.222 e. The number of hydrogen-bond acceptors (Lipinski definition) is 4. The molecule has 194 valence electrons. The standard InChI is InChI=1S/C31H44N4O/c1-33(21-26-13-15-29(16-14-26)35-17-6-3-7-18-35)31(36)12-8-11-30-28-19-27(20-32-30)23-34(24-28)22-25-9-4-2-5-10-25/h2,4-5,9-10,13-16,27-28,30,32H,3,6-8,11-12,17-24H2,1H3.